The maximum atomic E-state index is 12.7. The highest BCUT2D eigenvalue weighted by molar-refractivity contribution is 5.95. The molecule has 0 aliphatic heterocycles. The molecular formula is C22H24N4O2. The molecule has 0 saturated carbocycles. The highest BCUT2D eigenvalue weighted by atomic mass is 16.2. The molecule has 6 nitrogen and oxygen atoms in total. The molecule has 0 saturated heterocycles. The average molecular weight is 376 g/mol. The maximum Gasteiger partial charge on any atom is 0.255 e. The largest absolute Gasteiger partial charge is 0.355 e. The molecule has 28 heavy (non-hydrogen) atoms. The van der Waals surface area contributed by atoms with Crippen molar-refractivity contribution < 1.29 is 9.59 Å². The van der Waals surface area contributed by atoms with Crippen LogP contribution in [0.4, 0.5) is 0 Å². The van der Waals surface area contributed by atoms with Gasteiger partial charge in [0.1, 0.15) is 0 Å². The van der Waals surface area contributed by atoms with Crippen molar-refractivity contribution in [2.75, 3.05) is 7.05 Å². The third-order valence-corrected chi connectivity index (χ3v) is 4.60. The number of carbonyl (C=O) groups excluding carboxylic acids is 2. The molecule has 0 aliphatic carbocycles. The lowest BCUT2D eigenvalue weighted by Crippen LogP contribution is -2.24. The molecule has 6 heteroatoms. The number of hydrogen-bond acceptors (Lipinski definition) is 3. The Morgan fingerprint density at radius 2 is 1.68 bits per heavy atom. The normalized spacial score (nSPS) is 10.5. The molecule has 3 aromatic rings. The molecule has 144 valence electrons. The highest BCUT2D eigenvalue weighted by Crippen LogP contribution is 2.13. The lowest BCUT2D eigenvalue weighted by Gasteiger charge is -2.09. The molecule has 0 aliphatic rings. The topological polar surface area (TPSA) is 76.0 Å². The van der Waals surface area contributed by atoms with Crippen LogP contribution in [0.5, 0.6) is 0 Å². The maximum absolute atomic E-state index is 12.7. The van der Waals surface area contributed by atoms with Crippen molar-refractivity contribution in [3.63, 3.8) is 0 Å². The number of aromatic nitrogens is 2. The van der Waals surface area contributed by atoms with E-state index in [-0.39, 0.29) is 11.8 Å². The number of nitrogens with zero attached hydrogens (tertiary/aromatic N) is 2. The Labute approximate surface area is 164 Å². The Hall–Kier alpha value is -3.41. The summed E-state index contributed by atoms with van der Waals surface area (Å²) >= 11 is 0. The van der Waals surface area contributed by atoms with Crippen molar-refractivity contribution in [1.29, 1.82) is 0 Å². The summed E-state index contributed by atoms with van der Waals surface area (Å²) in [5.41, 5.74) is 4.17. The van der Waals surface area contributed by atoms with Crippen LogP contribution in [0, 0.1) is 0 Å². The minimum atomic E-state index is -0.147. The SMILES string of the molecule is CCc1c(C(=O)NCc2ccc(C(=O)NC)cc2)cnn1Cc1ccccc1. The molecule has 1 heterocycles. The molecule has 0 atom stereocenters. The molecule has 1 aromatic heterocycles. The van der Waals surface area contributed by atoms with E-state index in [1.54, 1.807) is 25.4 Å². The lowest BCUT2D eigenvalue weighted by molar-refractivity contribution is 0.0945. The van der Waals surface area contributed by atoms with Crippen LogP contribution in [0.2, 0.25) is 0 Å². The van der Waals surface area contributed by atoms with Gasteiger partial charge in [-0.3, -0.25) is 14.3 Å². The zero-order valence-corrected chi connectivity index (χ0v) is 16.1. The third-order valence-electron chi connectivity index (χ3n) is 4.60. The van der Waals surface area contributed by atoms with E-state index in [0.29, 0.717) is 24.2 Å². The number of nitrogens with one attached hydrogen (secondary N) is 2. The molecule has 2 amide bonds. The predicted molar refractivity (Wildman–Crippen MR) is 108 cm³/mol. The van der Waals surface area contributed by atoms with Crippen molar-refractivity contribution in [2.24, 2.45) is 0 Å². The molecule has 0 unspecified atom stereocenters. The van der Waals surface area contributed by atoms with E-state index in [1.807, 2.05) is 54.1 Å². The third kappa shape index (κ3) is 4.46. The van der Waals surface area contributed by atoms with Gasteiger partial charge in [-0.15, -0.1) is 0 Å². The van der Waals surface area contributed by atoms with Gasteiger partial charge in [-0.2, -0.15) is 5.10 Å². The van der Waals surface area contributed by atoms with Crippen molar-refractivity contribution >= 4 is 11.8 Å². The number of amides is 2. The Kier molecular flexibility index (Phi) is 6.22. The van der Waals surface area contributed by atoms with E-state index in [1.165, 1.54) is 0 Å². The van der Waals surface area contributed by atoms with Crippen LogP contribution in [0.1, 0.15) is 44.5 Å². The molecule has 0 fully saturated rings. The van der Waals surface area contributed by atoms with Gasteiger partial charge in [-0.1, -0.05) is 49.4 Å². The van der Waals surface area contributed by atoms with Gasteiger partial charge in [0.15, 0.2) is 0 Å². The summed E-state index contributed by atoms with van der Waals surface area (Å²) < 4.78 is 1.88. The van der Waals surface area contributed by atoms with Gasteiger partial charge in [-0.05, 0) is 29.7 Å². The second-order valence-electron chi connectivity index (χ2n) is 6.46. The molecular weight excluding hydrogens is 352 g/mol. The summed E-state index contributed by atoms with van der Waals surface area (Å²) in [4.78, 5) is 24.2. The van der Waals surface area contributed by atoms with Crippen LogP contribution in [0.15, 0.2) is 60.8 Å². The van der Waals surface area contributed by atoms with Crippen LogP contribution in [0.3, 0.4) is 0 Å². The summed E-state index contributed by atoms with van der Waals surface area (Å²) in [5, 5.41) is 9.93. The predicted octanol–water partition coefficient (Wildman–Crippen LogP) is 2.78. The Morgan fingerprint density at radius 1 is 0.964 bits per heavy atom. The number of rotatable bonds is 7. The van der Waals surface area contributed by atoms with Gasteiger partial charge in [0.2, 0.25) is 0 Å². The smallest absolute Gasteiger partial charge is 0.255 e. The van der Waals surface area contributed by atoms with Gasteiger partial charge in [0, 0.05) is 19.2 Å². The second-order valence-corrected chi connectivity index (χ2v) is 6.46. The van der Waals surface area contributed by atoms with Crippen molar-refractivity contribution in [1.82, 2.24) is 20.4 Å². The summed E-state index contributed by atoms with van der Waals surface area (Å²) in [6.45, 7) is 3.05. The van der Waals surface area contributed by atoms with E-state index in [0.717, 1.165) is 23.2 Å². The molecule has 0 radical (unpaired) electrons. The molecule has 0 spiro atoms. The molecule has 0 bridgehead atoms. The van der Waals surface area contributed by atoms with Crippen molar-refractivity contribution in [3.05, 3.63) is 88.7 Å². The Bertz CT molecular complexity index is 946. The van der Waals surface area contributed by atoms with E-state index in [2.05, 4.69) is 15.7 Å². The van der Waals surface area contributed by atoms with Crippen LogP contribution in [-0.4, -0.2) is 28.6 Å². The zero-order chi connectivity index (χ0) is 19.9. The Balaban J connectivity index is 1.66. The summed E-state index contributed by atoms with van der Waals surface area (Å²) in [7, 11) is 1.60. The summed E-state index contributed by atoms with van der Waals surface area (Å²) in [6.07, 6.45) is 2.35. The van der Waals surface area contributed by atoms with E-state index in [4.69, 9.17) is 0 Å². The summed E-state index contributed by atoms with van der Waals surface area (Å²) in [6, 6.07) is 17.2. The van der Waals surface area contributed by atoms with Crippen LogP contribution in [0.25, 0.3) is 0 Å². The first-order chi connectivity index (χ1) is 13.6. The Morgan fingerprint density at radius 3 is 2.32 bits per heavy atom. The fourth-order valence-corrected chi connectivity index (χ4v) is 3.06. The first-order valence-corrected chi connectivity index (χ1v) is 9.30. The molecule has 2 aromatic carbocycles. The van der Waals surface area contributed by atoms with Crippen LogP contribution < -0.4 is 10.6 Å². The van der Waals surface area contributed by atoms with Gasteiger partial charge >= 0.3 is 0 Å². The lowest BCUT2D eigenvalue weighted by atomic mass is 10.1. The number of benzene rings is 2. The minimum Gasteiger partial charge on any atom is -0.355 e. The fourth-order valence-electron chi connectivity index (χ4n) is 3.06. The van der Waals surface area contributed by atoms with E-state index < -0.39 is 0 Å². The summed E-state index contributed by atoms with van der Waals surface area (Å²) in [5.74, 6) is -0.277. The van der Waals surface area contributed by atoms with E-state index in [9.17, 15) is 9.59 Å². The monoisotopic (exact) mass is 376 g/mol. The highest BCUT2D eigenvalue weighted by Gasteiger charge is 2.16. The number of carbonyl (C=O) groups is 2. The molecule has 3 rings (SSSR count). The minimum absolute atomic E-state index is 0.131. The quantitative estimate of drug-likeness (QED) is 0.666. The zero-order valence-electron chi connectivity index (χ0n) is 16.1. The van der Waals surface area contributed by atoms with Crippen LogP contribution >= 0.6 is 0 Å². The fraction of sp³-hybridized carbons (Fsp3) is 0.227. The van der Waals surface area contributed by atoms with Crippen molar-refractivity contribution in [2.45, 2.75) is 26.4 Å². The van der Waals surface area contributed by atoms with Crippen LogP contribution in [-0.2, 0) is 19.5 Å². The average Bonchev–Trinajstić information content (AvgIpc) is 3.15. The van der Waals surface area contributed by atoms with Gasteiger partial charge in [0.05, 0.1) is 24.0 Å². The number of hydrogen-bond donors (Lipinski definition) is 2. The van der Waals surface area contributed by atoms with Crippen molar-refractivity contribution in [3.8, 4) is 0 Å². The van der Waals surface area contributed by atoms with Gasteiger partial charge < -0.3 is 10.6 Å². The standard InChI is InChI=1S/C22H24N4O2/c1-3-20-19(14-25-26(20)15-17-7-5-4-6-8-17)22(28)24-13-16-9-11-18(12-10-16)21(27)23-2/h4-12,14H,3,13,15H2,1-2H3,(H,23,27)(H,24,28). The first-order valence-electron chi connectivity index (χ1n) is 9.30. The second kappa shape index (κ2) is 8.99. The van der Waals surface area contributed by atoms with Gasteiger partial charge in [-0.25, -0.2) is 0 Å². The molecule has 2 N–H and O–H groups in total. The van der Waals surface area contributed by atoms with Gasteiger partial charge in [0.25, 0.3) is 11.8 Å². The first kappa shape index (κ1) is 19.4. The van der Waals surface area contributed by atoms with E-state index >= 15 is 0 Å².